The normalized spacial score (nSPS) is 10.8. The number of nitrogens with zero attached hydrogens (tertiary/aromatic N) is 2. The molecule has 6 heteroatoms. The summed E-state index contributed by atoms with van der Waals surface area (Å²) in [7, 11) is 0. The first-order valence-electron chi connectivity index (χ1n) is 5.77. The van der Waals surface area contributed by atoms with Crippen LogP contribution in [-0.2, 0) is 12.2 Å². The molecule has 1 aromatic carbocycles. The fourth-order valence-corrected chi connectivity index (χ4v) is 2.17. The third-order valence-electron chi connectivity index (χ3n) is 2.34. The van der Waals surface area contributed by atoms with Gasteiger partial charge in [-0.1, -0.05) is 23.9 Å². The Morgan fingerprint density at radius 1 is 1.33 bits per heavy atom. The fourth-order valence-electron chi connectivity index (χ4n) is 1.45. The van der Waals surface area contributed by atoms with E-state index in [1.165, 1.54) is 23.9 Å². The molecule has 2 rings (SSSR count). The highest BCUT2D eigenvalue weighted by atomic mass is 32.2. The van der Waals surface area contributed by atoms with Gasteiger partial charge in [0.2, 0.25) is 5.89 Å². The van der Waals surface area contributed by atoms with Crippen molar-refractivity contribution in [1.29, 1.82) is 0 Å². The van der Waals surface area contributed by atoms with Crippen molar-refractivity contribution in [3.63, 3.8) is 0 Å². The van der Waals surface area contributed by atoms with E-state index in [0.29, 0.717) is 16.9 Å². The molecule has 18 heavy (non-hydrogen) atoms. The van der Waals surface area contributed by atoms with Gasteiger partial charge in [0.15, 0.2) is 0 Å². The van der Waals surface area contributed by atoms with Crippen LogP contribution in [0.1, 0.15) is 17.9 Å². The highest BCUT2D eigenvalue weighted by Crippen LogP contribution is 2.21. The lowest BCUT2D eigenvalue weighted by molar-refractivity contribution is -0.368. The molecular weight excluding hydrogens is 253 g/mol. The third-order valence-corrected chi connectivity index (χ3v) is 3.23. The van der Waals surface area contributed by atoms with Gasteiger partial charge in [-0.25, -0.2) is 4.39 Å². The molecule has 0 radical (unpaired) electrons. The largest absolute Gasteiger partial charge is 0.416 e. The highest BCUT2D eigenvalue weighted by molar-refractivity contribution is 7.98. The van der Waals surface area contributed by atoms with Gasteiger partial charge in [-0.3, -0.25) is 0 Å². The van der Waals surface area contributed by atoms with Crippen LogP contribution in [-0.4, -0.2) is 16.7 Å². The van der Waals surface area contributed by atoms with Gasteiger partial charge in [0, 0.05) is 18.6 Å². The minimum absolute atomic E-state index is 0.227. The first-order valence-corrected chi connectivity index (χ1v) is 6.75. The van der Waals surface area contributed by atoms with E-state index in [1.54, 1.807) is 6.07 Å². The van der Waals surface area contributed by atoms with Crippen LogP contribution in [0.5, 0.6) is 0 Å². The number of rotatable bonds is 6. The number of thioether (sulfide) groups is 1. The van der Waals surface area contributed by atoms with E-state index in [1.807, 2.05) is 6.07 Å². The zero-order chi connectivity index (χ0) is 12.8. The monoisotopic (exact) mass is 268 g/mol. The van der Waals surface area contributed by atoms with Crippen molar-refractivity contribution in [2.24, 2.45) is 0 Å². The van der Waals surface area contributed by atoms with Gasteiger partial charge in [-0.2, -0.15) is 0 Å². The minimum atomic E-state index is -0.227. The molecule has 0 saturated carbocycles. The molecule has 0 aliphatic carbocycles. The molecule has 3 N–H and O–H groups in total. The Bertz CT molecular complexity index is 504. The van der Waals surface area contributed by atoms with Crippen LogP contribution in [0.25, 0.3) is 0 Å². The quantitative estimate of drug-likeness (QED) is 0.809. The standard InChI is InChI=1S/C12H14FN3OS/c13-10-4-1-3-9(7-10)8-18-12-16-15-11(17-12)5-2-6-14/h1,3-4,7H,2,5-6,8,14H2/p+1. The maximum Gasteiger partial charge on any atom is 0.276 e. The first kappa shape index (κ1) is 13.0. The van der Waals surface area contributed by atoms with E-state index in [0.717, 1.165) is 24.9 Å². The minimum Gasteiger partial charge on any atom is -0.416 e. The Kier molecular flexibility index (Phi) is 4.72. The summed E-state index contributed by atoms with van der Waals surface area (Å²) in [4.78, 5) is 0. The van der Waals surface area contributed by atoms with E-state index >= 15 is 0 Å². The van der Waals surface area contributed by atoms with Crippen LogP contribution in [0.4, 0.5) is 4.39 Å². The average molecular weight is 268 g/mol. The molecule has 0 atom stereocenters. The van der Waals surface area contributed by atoms with Gasteiger partial charge < -0.3 is 10.2 Å². The van der Waals surface area contributed by atoms with Gasteiger partial charge in [-0.15, -0.1) is 10.2 Å². The number of quaternary nitrogens is 1. The van der Waals surface area contributed by atoms with Crippen molar-refractivity contribution in [2.75, 3.05) is 6.54 Å². The highest BCUT2D eigenvalue weighted by Gasteiger charge is 2.07. The SMILES string of the molecule is [NH3+]CCCc1nnc(SCc2cccc(F)c2)o1. The van der Waals surface area contributed by atoms with Crippen molar-refractivity contribution in [2.45, 2.75) is 23.8 Å². The molecule has 1 heterocycles. The van der Waals surface area contributed by atoms with Crippen LogP contribution in [0.3, 0.4) is 0 Å². The molecule has 0 amide bonds. The van der Waals surface area contributed by atoms with Gasteiger partial charge >= 0.3 is 0 Å². The predicted octanol–water partition coefficient (Wildman–Crippen LogP) is 1.68. The molecule has 2 aromatic rings. The van der Waals surface area contributed by atoms with Crippen molar-refractivity contribution in [1.82, 2.24) is 10.2 Å². The van der Waals surface area contributed by atoms with E-state index in [4.69, 9.17) is 4.42 Å². The van der Waals surface area contributed by atoms with Gasteiger partial charge in [0.1, 0.15) is 5.82 Å². The number of halogens is 1. The summed E-state index contributed by atoms with van der Waals surface area (Å²) in [5, 5.41) is 8.41. The van der Waals surface area contributed by atoms with Crippen LogP contribution < -0.4 is 5.73 Å². The zero-order valence-corrected chi connectivity index (χ0v) is 10.8. The molecule has 1 aromatic heterocycles. The lowest BCUT2D eigenvalue weighted by atomic mass is 10.2. The smallest absolute Gasteiger partial charge is 0.276 e. The molecule has 0 bridgehead atoms. The van der Waals surface area contributed by atoms with Crippen LogP contribution >= 0.6 is 11.8 Å². The summed E-state index contributed by atoms with van der Waals surface area (Å²) >= 11 is 1.41. The predicted molar refractivity (Wildman–Crippen MR) is 66.3 cm³/mol. The lowest BCUT2D eigenvalue weighted by Gasteiger charge is -1.97. The second-order valence-electron chi connectivity index (χ2n) is 3.84. The van der Waals surface area contributed by atoms with E-state index in [9.17, 15) is 4.39 Å². The summed E-state index contributed by atoms with van der Waals surface area (Å²) in [5.41, 5.74) is 4.66. The Labute approximate surface area is 109 Å². The van der Waals surface area contributed by atoms with Crippen molar-refractivity contribution < 1.29 is 14.5 Å². The molecule has 96 valence electrons. The molecule has 0 fully saturated rings. The Hall–Kier alpha value is -1.40. The molecule has 0 aliphatic rings. The maximum absolute atomic E-state index is 13.0. The van der Waals surface area contributed by atoms with E-state index in [-0.39, 0.29) is 5.82 Å². The van der Waals surface area contributed by atoms with Gasteiger partial charge in [0.05, 0.1) is 6.54 Å². The average Bonchev–Trinajstić information content (AvgIpc) is 2.82. The number of aromatic nitrogens is 2. The summed E-state index contributed by atoms with van der Waals surface area (Å²) in [6.07, 6.45) is 1.70. The number of benzene rings is 1. The van der Waals surface area contributed by atoms with Gasteiger partial charge in [-0.05, 0) is 17.7 Å². The molecule has 0 unspecified atom stereocenters. The molecule has 4 nitrogen and oxygen atoms in total. The van der Waals surface area contributed by atoms with Crippen molar-refractivity contribution in [3.8, 4) is 0 Å². The Morgan fingerprint density at radius 2 is 2.22 bits per heavy atom. The van der Waals surface area contributed by atoms with Crippen molar-refractivity contribution in [3.05, 3.63) is 41.5 Å². The summed E-state index contributed by atoms with van der Waals surface area (Å²) in [6.45, 7) is 0.855. The summed E-state index contributed by atoms with van der Waals surface area (Å²) in [5.74, 6) is 1.03. The van der Waals surface area contributed by atoms with Crippen LogP contribution in [0.2, 0.25) is 0 Å². The topological polar surface area (TPSA) is 66.6 Å². The summed E-state index contributed by atoms with van der Waals surface area (Å²) < 4.78 is 18.4. The Morgan fingerprint density at radius 3 is 3.00 bits per heavy atom. The van der Waals surface area contributed by atoms with Crippen molar-refractivity contribution >= 4 is 11.8 Å². The summed E-state index contributed by atoms with van der Waals surface area (Å²) in [6, 6.07) is 6.50. The van der Waals surface area contributed by atoms with Crippen LogP contribution in [0.15, 0.2) is 33.9 Å². The van der Waals surface area contributed by atoms with E-state index in [2.05, 4.69) is 15.9 Å². The molecule has 0 spiro atoms. The molecule has 0 aliphatic heterocycles. The molecule has 0 saturated heterocycles. The van der Waals surface area contributed by atoms with Gasteiger partial charge in [0.25, 0.3) is 5.22 Å². The lowest BCUT2D eigenvalue weighted by Crippen LogP contribution is -2.50. The third kappa shape index (κ3) is 3.82. The van der Waals surface area contributed by atoms with E-state index < -0.39 is 0 Å². The number of aryl methyl sites for hydroxylation is 1. The second kappa shape index (κ2) is 6.51. The number of hydrogen-bond donors (Lipinski definition) is 1. The second-order valence-corrected chi connectivity index (χ2v) is 4.76. The zero-order valence-electron chi connectivity index (χ0n) is 9.93. The number of hydrogen-bond acceptors (Lipinski definition) is 4. The Balaban J connectivity index is 1.88. The fraction of sp³-hybridized carbons (Fsp3) is 0.333. The molecular formula is C12H15FN3OS+. The van der Waals surface area contributed by atoms with Crippen LogP contribution in [0, 0.1) is 5.82 Å². The maximum atomic E-state index is 13.0. The first-order chi connectivity index (χ1) is 8.78.